The van der Waals surface area contributed by atoms with E-state index in [0.29, 0.717) is 12.5 Å². The van der Waals surface area contributed by atoms with Crippen LogP contribution in [0, 0.1) is 0 Å². The van der Waals surface area contributed by atoms with Gasteiger partial charge in [-0.25, -0.2) is 4.79 Å². The number of thiophene rings is 1. The zero-order chi connectivity index (χ0) is 19.2. The number of aliphatic imine (C=N–C) groups is 1. The van der Waals surface area contributed by atoms with Gasteiger partial charge in [-0.2, -0.15) is 0 Å². The summed E-state index contributed by atoms with van der Waals surface area (Å²) < 4.78 is 5.49. The molecule has 0 aliphatic carbocycles. The van der Waals surface area contributed by atoms with Crippen molar-refractivity contribution in [3.05, 3.63) is 22.4 Å². The Morgan fingerprint density at radius 3 is 2.88 bits per heavy atom. The van der Waals surface area contributed by atoms with Crippen LogP contribution in [0.15, 0.2) is 22.5 Å². The van der Waals surface area contributed by atoms with E-state index in [9.17, 15) is 4.79 Å². The second kappa shape index (κ2) is 9.26. The lowest BCUT2D eigenvalue weighted by molar-refractivity contribution is 0.0193. The third kappa shape index (κ3) is 6.52. The zero-order valence-electron chi connectivity index (χ0n) is 16.5. The second-order valence-corrected chi connectivity index (χ2v) is 8.76. The third-order valence-corrected chi connectivity index (χ3v) is 5.35. The van der Waals surface area contributed by atoms with Gasteiger partial charge in [-0.05, 0) is 45.1 Å². The van der Waals surface area contributed by atoms with Crippen molar-refractivity contribution in [2.75, 3.05) is 26.7 Å². The molecule has 2 N–H and O–H groups in total. The summed E-state index contributed by atoms with van der Waals surface area (Å²) >= 11 is 1.78. The highest BCUT2D eigenvalue weighted by atomic mass is 32.1. The molecule has 2 atom stereocenters. The van der Waals surface area contributed by atoms with Crippen molar-refractivity contribution in [2.24, 2.45) is 4.99 Å². The molecule has 26 heavy (non-hydrogen) atoms. The molecule has 1 aromatic heterocycles. The van der Waals surface area contributed by atoms with Crippen molar-refractivity contribution in [2.45, 2.75) is 58.1 Å². The van der Waals surface area contributed by atoms with Crippen LogP contribution in [0.1, 0.15) is 51.3 Å². The van der Waals surface area contributed by atoms with E-state index >= 15 is 0 Å². The number of likely N-dealkylation sites (tertiary alicyclic amines) is 1. The summed E-state index contributed by atoms with van der Waals surface area (Å²) in [5.41, 5.74) is -0.465. The van der Waals surface area contributed by atoms with E-state index in [0.717, 1.165) is 31.9 Å². The van der Waals surface area contributed by atoms with Crippen LogP contribution in [-0.2, 0) is 4.74 Å². The van der Waals surface area contributed by atoms with Gasteiger partial charge < -0.3 is 20.3 Å². The maximum absolute atomic E-state index is 12.3. The van der Waals surface area contributed by atoms with Crippen LogP contribution in [0.5, 0.6) is 0 Å². The highest BCUT2D eigenvalue weighted by Crippen LogP contribution is 2.19. The van der Waals surface area contributed by atoms with Gasteiger partial charge in [-0.3, -0.25) is 4.99 Å². The first-order valence-electron chi connectivity index (χ1n) is 9.27. The highest BCUT2D eigenvalue weighted by Gasteiger charge is 2.28. The standard InChI is InChI=1S/C19H32N4O2S/c1-14(16-9-7-11-26-16)12-21-17(20-5)22-15-8-6-10-23(13-15)18(24)25-19(2,3)4/h7,9,11,14-15H,6,8,10,12-13H2,1-5H3,(H2,20,21,22). The van der Waals surface area contributed by atoms with E-state index in [-0.39, 0.29) is 12.1 Å². The molecule has 2 unspecified atom stereocenters. The number of carbonyl (C=O) groups excluding carboxylic acids is 1. The Bertz CT molecular complexity index is 595. The van der Waals surface area contributed by atoms with Crippen LogP contribution in [0.2, 0.25) is 0 Å². The normalized spacial score (nSPS) is 19.8. The Hall–Kier alpha value is -1.76. The van der Waals surface area contributed by atoms with Gasteiger partial charge in [-0.15, -0.1) is 11.3 Å². The molecule has 1 aliphatic rings. The van der Waals surface area contributed by atoms with Crippen LogP contribution in [0.4, 0.5) is 4.79 Å². The van der Waals surface area contributed by atoms with E-state index in [1.807, 2.05) is 20.8 Å². The molecule has 7 heteroatoms. The van der Waals surface area contributed by atoms with Gasteiger partial charge in [0.1, 0.15) is 5.60 Å². The van der Waals surface area contributed by atoms with E-state index < -0.39 is 5.60 Å². The van der Waals surface area contributed by atoms with Crippen LogP contribution >= 0.6 is 11.3 Å². The molecule has 0 radical (unpaired) electrons. The van der Waals surface area contributed by atoms with Crippen molar-refractivity contribution in [3.8, 4) is 0 Å². The fraction of sp³-hybridized carbons (Fsp3) is 0.684. The minimum atomic E-state index is -0.465. The van der Waals surface area contributed by atoms with Crippen molar-refractivity contribution >= 4 is 23.4 Å². The topological polar surface area (TPSA) is 66.0 Å². The van der Waals surface area contributed by atoms with Crippen molar-refractivity contribution in [3.63, 3.8) is 0 Å². The van der Waals surface area contributed by atoms with E-state index in [1.165, 1.54) is 4.88 Å². The summed E-state index contributed by atoms with van der Waals surface area (Å²) in [7, 11) is 1.78. The summed E-state index contributed by atoms with van der Waals surface area (Å²) in [6.07, 6.45) is 1.73. The Morgan fingerprint density at radius 2 is 2.27 bits per heavy atom. The summed E-state index contributed by atoms with van der Waals surface area (Å²) in [5, 5.41) is 8.95. The molecule has 0 aromatic carbocycles. The van der Waals surface area contributed by atoms with Crippen LogP contribution < -0.4 is 10.6 Å². The highest BCUT2D eigenvalue weighted by molar-refractivity contribution is 7.10. The van der Waals surface area contributed by atoms with Crippen molar-refractivity contribution < 1.29 is 9.53 Å². The first kappa shape index (κ1) is 20.6. The lowest BCUT2D eigenvalue weighted by atomic mass is 10.1. The number of guanidine groups is 1. The number of hydrogen-bond donors (Lipinski definition) is 2. The van der Waals surface area contributed by atoms with Gasteiger partial charge in [0, 0.05) is 43.5 Å². The molecular weight excluding hydrogens is 348 g/mol. The summed E-state index contributed by atoms with van der Waals surface area (Å²) in [4.78, 5) is 19.8. The van der Waals surface area contributed by atoms with E-state index in [2.05, 4.69) is 40.1 Å². The number of hydrogen-bond acceptors (Lipinski definition) is 4. The van der Waals surface area contributed by atoms with E-state index in [1.54, 1.807) is 23.3 Å². The largest absolute Gasteiger partial charge is 0.444 e. The molecule has 1 aliphatic heterocycles. The minimum Gasteiger partial charge on any atom is -0.444 e. The lowest BCUT2D eigenvalue weighted by Gasteiger charge is -2.35. The average molecular weight is 381 g/mol. The predicted molar refractivity (Wildman–Crippen MR) is 108 cm³/mol. The fourth-order valence-corrected chi connectivity index (χ4v) is 3.68. The molecule has 0 saturated carbocycles. The van der Waals surface area contributed by atoms with Gasteiger partial charge in [0.25, 0.3) is 0 Å². The Kier molecular flexibility index (Phi) is 7.32. The van der Waals surface area contributed by atoms with Crippen LogP contribution in [0.25, 0.3) is 0 Å². The zero-order valence-corrected chi connectivity index (χ0v) is 17.4. The number of amides is 1. The molecule has 1 fully saturated rings. The lowest BCUT2D eigenvalue weighted by Crippen LogP contribution is -2.53. The minimum absolute atomic E-state index is 0.180. The van der Waals surface area contributed by atoms with Crippen molar-refractivity contribution in [1.29, 1.82) is 0 Å². The first-order chi connectivity index (χ1) is 12.3. The third-order valence-electron chi connectivity index (χ3n) is 4.24. The fourth-order valence-electron chi connectivity index (χ4n) is 2.90. The van der Waals surface area contributed by atoms with Gasteiger partial charge in [-0.1, -0.05) is 13.0 Å². The monoisotopic (exact) mass is 380 g/mol. The molecule has 1 aromatic rings. The molecule has 0 spiro atoms. The Labute approximate surface area is 161 Å². The number of rotatable bonds is 4. The number of nitrogens with one attached hydrogen (secondary N) is 2. The molecular formula is C19H32N4O2S. The molecule has 2 heterocycles. The van der Waals surface area contributed by atoms with Crippen LogP contribution in [-0.4, -0.2) is 55.3 Å². The quantitative estimate of drug-likeness (QED) is 0.620. The molecule has 2 rings (SSSR count). The van der Waals surface area contributed by atoms with E-state index in [4.69, 9.17) is 4.74 Å². The Morgan fingerprint density at radius 1 is 1.50 bits per heavy atom. The summed E-state index contributed by atoms with van der Waals surface area (Å²) in [6.45, 7) is 10.1. The molecule has 1 amide bonds. The second-order valence-electron chi connectivity index (χ2n) is 7.78. The van der Waals surface area contributed by atoms with Gasteiger partial charge in [0.15, 0.2) is 5.96 Å². The molecule has 6 nitrogen and oxygen atoms in total. The summed E-state index contributed by atoms with van der Waals surface area (Å²) in [6, 6.07) is 4.42. The smallest absolute Gasteiger partial charge is 0.410 e. The number of piperidine rings is 1. The van der Waals surface area contributed by atoms with Crippen LogP contribution in [0.3, 0.4) is 0 Å². The van der Waals surface area contributed by atoms with Gasteiger partial charge in [0.05, 0.1) is 0 Å². The number of ether oxygens (including phenoxy) is 1. The molecule has 0 bridgehead atoms. The first-order valence-corrected chi connectivity index (χ1v) is 10.1. The number of carbonyl (C=O) groups is 1. The summed E-state index contributed by atoms with van der Waals surface area (Å²) in [5.74, 6) is 1.21. The maximum Gasteiger partial charge on any atom is 0.410 e. The maximum atomic E-state index is 12.3. The molecule has 146 valence electrons. The number of nitrogens with zero attached hydrogens (tertiary/aromatic N) is 2. The van der Waals surface area contributed by atoms with Gasteiger partial charge >= 0.3 is 6.09 Å². The molecule has 1 saturated heterocycles. The predicted octanol–water partition coefficient (Wildman–Crippen LogP) is 3.42. The van der Waals surface area contributed by atoms with Gasteiger partial charge in [0.2, 0.25) is 0 Å². The van der Waals surface area contributed by atoms with Crippen molar-refractivity contribution in [1.82, 2.24) is 15.5 Å². The average Bonchev–Trinajstić information content (AvgIpc) is 3.11. The SMILES string of the molecule is CN=C(NCC(C)c1cccs1)NC1CCCN(C(=O)OC(C)(C)C)C1. The Balaban J connectivity index is 1.82.